The third-order valence-electron chi connectivity index (χ3n) is 4.00. The van der Waals surface area contributed by atoms with E-state index >= 15 is 0 Å². The van der Waals surface area contributed by atoms with E-state index in [0.717, 1.165) is 16.9 Å². The summed E-state index contributed by atoms with van der Waals surface area (Å²) in [5, 5.41) is 12.6. The van der Waals surface area contributed by atoms with Gasteiger partial charge >= 0.3 is 0 Å². The van der Waals surface area contributed by atoms with E-state index in [0.29, 0.717) is 5.69 Å². The molecule has 5 heteroatoms. The van der Waals surface area contributed by atoms with Crippen molar-refractivity contribution in [2.24, 2.45) is 13.0 Å². The monoisotopic (exact) mass is 317 g/mol. The van der Waals surface area contributed by atoms with Crippen LogP contribution in [0.3, 0.4) is 0 Å². The topological polar surface area (TPSA) is 67.2 Å². The second kappa shape index (κ2) is 6.32. The Morgan fingerprint density at radius 2 is 2.00 bits per heavy atom. The van der Waals surface area contributed by atoms with Crippen LogP contribution in [0, 0.1) is 5.92 Å². The predicted octanol–water partition coefficient (Wildman–Crippen LogP) is 3.22. The molecule has 0 saturated carbocycles. The van der Waals surface area contributed by atoms with Gasteiger partial charge in [-0.1, -0.05) is 34.6 Å². The molecule has 0 fully saturated rings. The van der Waals surface area contributed by atoms with Crippen LogP contribution in [0.2, 0.25) is 0 Å². The summed E-state index contributed by atoms with van der Waals surface area (Å²) in [4.78, 5) is 16.7. The van der Waals surface area contributed by atoms with Crippen molar-refractivity contribution in [1.29, 1.82) is 0 Å². The quantitative estimate of drug-likeness (QED) is 0.910. The number of carbonyl (C=O) groups is 1. The first kappa shape index (κ1) is 17.5. The number of fused-ring (bicyclic) bond motifs is 1. The van der Waals surface area contributed by atoms with Crippen molar-refractivity contribution < 1.29 is 9.90 Å². The number of carbonyl (C=O) groups excluding carboxylic acids is 1. The summed E-state index contributed by atoms with van der Waals surface area (Å²) in [5.74, 6) is 0.886. The lowest BCUT2D eigenvalue weighted by molar-refractivity contribution is -0.118. The molecule has 23 heavy (non-hydrogen) atoms. The van der Waals surface area contributed by atoms with E-state index in [-0.39, 0.29) is 23.7 Å². The highest BCUT2D eigenvalue weighted by Crippen LogP contribution is 2.27. The normalized spacial score (nSPS) is 13.6. The highest BCUT2D eigenvalue weighted by molar-refractivity contribution is 5.93. The summed E-state index contributed by atoms with van der Waals surface area (Å²) in [7, 11) is 2.01. The molecule has 0 spiro atoms. The van der Waals surface area contributed by atoms with Gasteiger partial charge in [0.15, 0.2) is 0 Å². The molecule has 2 aromatic rings. The lowest BCUT2D eigenvalue weighted by Crippen LogP contribution is -2.23. The molecule has 5 nitrogen and oxygen atoms in total. The summed E-state index contributed by atoms with van der Waals surface area (Å²) >= 11 is 0. The van der Waals surface area contributed by atoms with Gasteiger partial charge < -0.3 is 15.0 Å². The number of aliphatic hydroxyl groups excluding tert-OH is 1. The number of anilines is 1. The molecule has 1 unspecified atom stereocenters. The Balaban J connectivity index is 2.22. The first-order valence-electron chi connectivity index (χ1n) is 8.04. The number of amides is 1. The van der Waals surface area contributed by atoms with Gasteiger partial charge in [0.05, 0.1) is 23.6 Å². The fourth-order valence-corrected chi connectivity index (χ4v) is 2.59. The Morgan fingerprint density at radius 1 is 1.35 bits per heavy atom. The zero-order chi connectivity index (χ0) is 17.4. The van der Waals surface area contributed by atoms with E-state index in [9.17, 15) is 9.90 Å². The van der Waals surface area contributed by atoms with Gasteiger partial charge in [-0.25, -0.2) is 4.98 Å². The molecule has 126 valence electrons. The second-order valence-corrected chi connectivity index (χ2v) is 7.51. The number of nitrogens with zero attached hydrogens (tertiary/aromatic N) is 2. The van der Waals surface area contributed by atoms with Crippen LogP contribution in [0.1, 0.15) is 46.9 Å². The molecule has 0 radical (unpaired) electrons. The van der Waals surface area contributed by atoms with Gasteiger partial charge in [-0.05, 0) is 24.1 Å². The standard InChI is InChI=1S/C18H27N3O2/c1-11(2)15(22)10-16(23)19-12-7-8-14-13(9-12)20-17(21(14)6)18(3,4)5/h7-9,11,15,22H,10H2,1-6H3,(H,19,23). The number of aryl methyl sites for hydroxylation is 1. The van der Waals surface area contributed by atoms with E-state index in [1.54, 1.807) is 0 Å². The Hall–Kier alpha value is -1.88. The van der Waals surface area contributed by atoms with Gasteiger partial charge in [0.25, 0.3) is 0 Å². The third-order valence-corrected chi connectivity index (χ3v) is 4.00. The minimum absolute atomic E-state index is 0.0431. The van der Waals surface area contributed by atoms with Gasteiger partial charge in [-0.2, -0.15) is 0 Å². The Morgan fingerprint density at radius 3 is 2.57 bits per heavy atom. The maximum Gasteiger partial charge on any atom is 0.226 e. The fourth-order valence-electron chi connectivity index (χ4n) is 2.59. The maximum absolute atomic E-state index is 12.0. The Bertz CT molecular complexity index is 711. The van der Waals surface area contributed by atoms with Crippen LogP contribution in [-0.2, 0) is 17.3 Å². The minimum Gasteiger partial charge on any atom is -0.392 e. The van der Waals surface area contributed by atoms with E-state index in [1.807, 2.05) is 39.1 Å². The number of aliphatic hydroxyl groups is 1. The van der Waals surface area contributed by atoms with Crippen molar-refractivity contribution in [3.05, 3.63) is 24.0 Å². The largest absolute Gasteiger partial charge is 0.392 e. The minimum atomic E-state index is -0.624. The highest BCUT2D eigenvalue weighted by Gasteiger charge is 2.21. The molecule has 2 N–H and O–H groups in total. The van der Waals surface area contributed by atoms with E-state index < -0.39 is 6.10 Å². The van der Waals surface area contributed by atoms with E-state index in [1.165, 1.54) is 0 Å². The molecule has 0 bridgehead atoms. The molecule has 2 rings (SSSR count). The van der Waals surface area contributed by atoms with Gasteiger partial charge in [0.1, 0.15) is 5.82 Å². The second-order valence-electron chi connectivity index (χ2n) is 7.51. The van der Waals surface area contributed by atoms with Gasteiger partial charge in [-0.15, -0.1) is 0 Å². The van der Waals surface area contributed by atoms with E-state index in [4.69, 9.17) is 4.98 Å². The molecule has 1 amide bonds. The maximum atomic E-state index is 12.0. The Labute approximate surface area is 137 Å². The first-order chi connectivity index (χ1) is 10.6. The van der Waals surface area contributed by atoms with Crippen LogP contribution in [0.4, 0.5) is 5.69 Å². The molecule has 1 aromatic carbocycles. The van der Waals surface area contributed by atoms with Crippen molar-refractivity contribution in [2.75, 3.05) is 5.32 Å². The van der Waals surface area contributed by atoms with E-state index in [2.05, 4.69) is 30.7 Å². The SMILES string of the molecule is CC(C)C(O)CC(=O)Nc1ccc2c(c1)nc(C(C)(C)C)n2C. The summed E-state index contributed by atoms with van der Waals surface area (Å²) in [5.41, 5.74) is 2.56. The smallest absolute Gasteiger partial charge is 0.226 e. The number of hydrogen-bond acceptors (Lipinski definition) is 3. The summed E-state index contributed by atoms with van der Waals surface area (Å²) < 4.78 is 2.09. The van der Waals surface area contributed by atoms with Crippen molar-refractivity contribution in [1.82, 2.24) is 9.55 Å². The molecule has 0 aliphatic heterocycles. The van der Waals surface area contributed by atoms with Crippen molar-refractivity contribution >= 4 is 22.6 Å². The van der Waals surface area contributed by atoms with Crippen LogP contribution in [0.5, 0.6) is 0 Å². The molecule has 1 atom stereocenters. The molecule has 0 saturated heterocycles. The first-order valence-corrected chi connectivity index (χ1v) is 8.04. The number of aromatic nitrogens is 2. The number of nitrogens with one attached hydrogen (secondary N) is 1. The molecule has 0 aliphatic carbocycles. The average Bonchev–Trinajstić information content (AvgIpc) is 2.75. The molecule has 0 aliphatic rings. The summed E-state index contributed by atoms with van der Waals surface area (Å²) in [6, 6.07) is 5.71. The van der Waals surface area contributed by atoms with Gasteiger partial charge in [0, 0.05) is 18.2 Å². The fraction of sp³-hybridized carbons (Fsp3) is 0.556. The number of imidazole rings is 1. The van der Waals surface area contributed by atoms with Crippen molar-refractivity contribution in [3.63, 3.8) is 0 Å². The lowest BCUT2D eigenvalue weighted by Gasteiger charge is -2.17. The van der Waals surface area contributed by atoms with Crippen LogP contribution in [0.15, 0.2) is 18.2 Å². The molecular weight excluding hydrogens is 290 g/mol. The summed E-state index contributed by atoms with van der Waals surface area (Å²) in [6.45, 7) is 10.2. The average molecular weight is 317 g/mol. The van der Waals surface area contributed by atoms with Crippen LogP contribution < -0.4 is 5.32 Å². The zero-order valence-corrected chi connectivity index (χ0v) is 14.8. The zero-order valence-electron chi connectivity index (χ0n) is 14.8. The van der Waals surface area contributed by atoms with Crippen molar-refractivity contribution in [2.45, 2.75) is 52.6 Å². The third kappa shape index (κ3) is 3.91. The van der Waals surface area contributed by atoms with Crippen LogP contribution in [-0.4, -0.2) is 26.7 Å². The highest BCUT2D eigenvalue weighted by atomic mass is 16.3. The van der Waals surface area contributed by atoms with Gasteiger partial charge in [-0.3, -0.25) is 4.79 Å². The molecule has 1 aromatic heterocycles. The van der Waals surface area contributed by atoms with Crippen molar-refractivity contribution in [3.8, 4) is 0 Å². The van der Waals surface area contributed by atoms with Crippen LogP contribution >= 0.6 is 0 Å². The predicted molar refractivity (Wildman–Crippen MR) is 93.5 cm³/mol. The number of benzene rings is 1. The van der Waals surface area contributed by atoms with Crippen LogP contribution in [0.25, 0.3) is 11.0 Å². The number of rotatable bonds is 4. The Kier molecular flexibility index (Phi) is 4.80. The molecular formula is C18H27N3O2. The summed E-state index contributed by atoms with van der Waals surface area (Å²) in [6.07, 6.45) is -0.522. The number of hydrogen-bond donors (Lipinski definition) is 2. The lowest BCUT2D eigenvalue weighted by atomic mass is 9.96. The van der Waals surface area contributed by atoms with Gasteiger partial charge in [0.2, 0.25) is 5.91 Å². The molecule has 1 heterocycles.